The van der Waals surface area contributed by atoms with Gasteiger partial charge in [0.15, 0.2) is 0 Å². The van der Waals surface area contributed by atoms with Gasteiger partial charge in [0.05, 0.1) is 6.26 Å². The highest BCUT2D eigenvalue weighted by atomic mass is 32.2. The smallest absolute Gasteiger partial charge is 0.233 e. The quantitative estimate of drug-likeness (QED) is 0.626. The Morgan fingerprint density at radius 1 is 1.70 bits per heavy atom. The summed E-state index contributed by atoms with van der Waals surface area (Å²) in [5.74, 6) is 0. The summed E-state index contributed by atoms with van der Waals surface area (Å²) in [6.45, 7) is 0. The van der Waals surface area contributed by atoms with Crippen LogP contribution in [0.1, 0.15) is 0 Å². The number of hydrogen-bond donors (Lipinski definition) is 0. The minimum atomic E-state index is -3.13. The summed E-state index contributed by atoms with van der Waals surface area (Å²) in [5, 5.41) is 1.68. The molecule has 0 saturated carbocycles. The van der Waals surface area contributed by atoms with Gasteiger partial charge in [0.25, 0.3) is 0 Å². The Kier molecular flexibility index (Phi) is 2.21. The van der Waals surface area contributed by atoms with Gasteiger partial charge in [-0.1, -0.05) is 24.4 Å². The number of sulfonamides is 1. The molecule has 1 aliphatic rings. The molecule has 0 aliphatic carbocycles. The van der Waals surface area contributed by atoms with Crippen LogP contribution < -0.4 is 0 Å². The molecule has 1 aliphatic heterocycles. The van der Waals surface area contributed by atoms with E-state index in [4.69, 9.17) is 12.6 Å². The van der Waals surface area contributed by atoms with E-state index in [1.54, 1.807) is 5.41 Å². The summed E-state index contributed by atoms with van der Waals surface area (Å²) in [6, 6.07) is 0. The second-order valence-electron chi connectivity index (χ2n) is 1.82. The van der Waals surface area contributed by atoms with Crippen LogP contribution >= 0.6 is 24.4 Å². The molecular formula is C4H6NO2S3. The predicted octanol–water partition coefficient (Wildman–Crippen LogP) is 0.947. The third kappa shape index (κ3) is 1.62. The number of nitrogens with zero attached hydrogens (tertiary/aromatic N) is 1. The van der Waals surface area contributed by atoms with Crippen molar-refractivity contribution in [3.63, 3.8) is 0 Å². The van der Waals surface area contributed by atoms with Crippen molar-refractivity contribution in [2.24, 2.45) is 0 Å². The average molecular weight is 196 g/mol. The summed E-state index contributed by atoms with van der Waals surface area (Å²) in [4.78, 5) is 0. The summed E-state index contributed by atoms with van der Waals surface area (Å²) >= 11 is 6.13. The van der Waals surface area contributed by atoms with Crippen LogP contribution in [0.15, 0.2) is 11.6 Å². The molecular weight excluding hydrogens is 190 g/mol. The fraction of sp³-hybridized carbons (Fsp3) is 0.500. The van der Waals surface area contributed by atoms with Gasteiger partial charge in [-0.2, -0.15) is 0 Å². The summed E-state index contributed by atoms with van der Waals surface area (Å²) in [7, 11) is -3.13. The van der Waals surface area contributed by atoms with E-state index in [1.165, 1.54) is 18.0 Å². The van der Waals surface area contributed by atoms with Gasteiger partial charge in [0, 0.05) is 6.20 Å². The van der Waals surface area contributed by atoms with E-state index in [1.807, 2.05) is 0 Å². The van der Waals surface area contributed by atoms with E-state index >= 15 is 0 Å². The van der Waals surface area contributed by atoms with E-state index in [2.05, 4.69) is 0 Å². The Hall–Kier alpha value is 0.190. The lowest BCUT2D eigenvalue weighted by molar-refractivity contribution is 0.535. The first kappa shape index (κ1) is 8.29. The molecule has 0 bridgehead atoms. The Bertz CT molecular complexity index is 245. The molecule has 57 valence electrons. The zero-order chi connectivity index (χ0) is 7.78. The molecule has 0 amide bonds. The zero-order valence-electron chi connectivity index (χ0n) is 5.22. The van der Waals surface area contributed by atoms with Gasteiger partial charge in [-0.05, 0) is 5.41 Å². The van der Waals surface area contributed by atoms with Crippen molar-refractivity contribution in [3.8, 4) is 0 Å². The van der Waals surface area contributed by atoms with Crippen molar-refractivity contribution in [3.05, 3.63) is 11.6 Å². The molecule has 1 heterocycles. The topological polar surface area (TPSA) is 37.4 Å². The van der Waals surface area contributed by atoms with Gasteiger partial charge < -0.3 is 0 Å². The molecule has 6 heteroatoms. The molecule has 1 radical (unpaired) electrons. The van der Waals surface area contributed by atoms with Gasteiger partial charge in [-0.15, -0.1) is 0 Å². The molecule has 1 atom stereocenters. The summed E-state index contributed by atoms with van der Waals surface area (Å²) < 4.78 is 22.4. The first-order valence-corrected chi connectivity index (χ1v) is 5.74. The molecule has 0 aromatic carbocycles. The van der Waals surface area contributed by atoms with Crippen molar-refractivity contribution < 1.29 is 8.42 Å². The van der Waals surface area contributed by atoms with Crippen molar-refractivity contribution in [2.75, 3.05) is 6.26 Å². The standard InChI is InChI=1S/C4H6NO2S3/c1-10(6,7)5-2-3-9-4(5)8/h2-4H,1H3. The fourth-order valence-electron chi connectivity index (χ4n) is 0.559. The molecule has 3 nitrogen and oxygen atoms in total. The van der Waals surface area contributed by atoms with Crippen LogP contribution in [0.25, 0.3) is 0 Å². The summed E-state index contributed by atoms with van der Waals surface area (Å²) in [5.41, 5.74) is 0. The number of thioether (sulfide) groups is 1. The maximum Gasteiger partial charge on any atom is 0.233 e. The molecule has 1 unspecified atom stereocenters. The lowest BCUT2D eigenvalue weighted by atomic mass is 11.0. The minimum absolute atomic E-state index is 0.394. The molecule has 0 aromatic heterocycles. The SMILES string of the molecule is CS(=O)(=O)N1C=CSC1[S]. The highest BCUT2D eigenvalue weighted by Gasteiger charge is 2.24. The van der Waals surface area contributed by atoms with Crippen LogP contribution in [0.4, 0.5) is 0 Å². The van der Waals surface area contributed by atoms with Crippen molar-refractivity contribution in [1.82, 2.24) is 4.31 Å². The van der Waals surface area contributed by atoms with Gasteiger partial charge in [-0.25, -0.2) is 8.42 Å². The van der Waals surface area contributed by atoms with Crippen molar-refractivity contribution >= 4 is 34.4 Å². The first-order chi connectivity index (χ1) is 4.52. The van der Waals surface area contributed by atoms with Crippen LogP contribution in [0.5, 0.6) is 0 Å². The number of hydrogen-bond acceptors (Lipinski definition) is 3. The molecule has 0 fully saturated rings. The van der Waals surface area contributed by atoms with Crippen LogP contribution in [0.2, 0.25) is 0 Å². The Morgan fingerprint density at radius 2 is 2.30 bits per heavy atom. The second kappa shape index (κ2) is 2.67. The number of rotatable bonds is 1. The van der Waals surface area contributed by atoms with Gasteiger partial charge >= 0.3 is 0 Å². The van der Waals surface area contributed by atoms with E-state index in [-0.39, 0.29) is 0 Å². The van der Waals surface area contributed by atoms with E-state index in [9.17, 15) is 8.42 Å². The maximum absolute atomic E-state index is 10.8. The van der Waals surface area contributed by atoms with Crippen molar-refractivity contribution in [1.29, 1.82) is 0 Å². The molecule has 0 aromatic rings. The van der Waals surface area contributed by atoms with E-state index < -0.39 is 14.7 Å². The highest BCUT2D eigenvalue weighted by molar-refractivity contribution is 8.13. The lowest BCUT2D eigenvalue weighted by Crippen LogP contribution is -2.26. The molecule has 0 N–H and O–H groups in total. The highest BCUT2D eigenvalue weighted by Crippen LogP contribution is 2.29. The Balaban J connectivity index is 2.84. The average Bonchev–Trinajstić information content (AvgIpc) is 2.11. The van der Waals surface area contributed by atoms with Crippen LogP contribution in [0.3, 0.4) is 0 Å². The fourth-order valence-corrected chi connectivity index (χ4v) is 3.11. The van der Waals surface area contributed by atoms with Crippen LogP contribution in [-0.4, -0.2) is 23.7 Å². The third-order valence-corrected chi connectivity index (χ3v) is 3.66. The van der Waals surface area contributed by atoms with Gasteiger partial charge in [-0.3, -0.25) is 4.31 Å². The monoisotopic (exact) mass is 196 g/mol. The Labute approximate surface area is 69.9 Å². The Morgan fingerprint density at radius 3 is 2.50 bits per heavy atom. The molecule has 10 heavy (non-hydrogen) atoms. The minimum Gasteiger partial charge on any atom is -0.253 e. The van der Waals surface area contributed by atoms with Crippen LogP contribution in [-0.2, 0) is 10.0 Å². The van der Waals surface area contributed by atoms with Crippen molar-refractivity contribution in [2.45, 2.75) is 4.71 Å². The van der Waals surface area contributed by atoms with Gasteiger partial charge in [0.2, 0.25) is 10.0 Å². The maximum atomic E-state index is 10.8. The molecule has 1 rings (SSSR count). The van der Waals surface area contributed by atoms with E-state index in [0.717, 1.165) is 10.6 Å². The first-order valence-electron chi connectivity index (χ1n) is 2.48. The van der Waals surface area contributed by atoms with Crippen LogP contribution in [0, 0.1) is 0 Å². The summed E-state index contributed by atoms with van der Waals surface area (Å²) in [6.07, 6.45) is 2.63. The zero-order valence-corrected chi connectivity index (χ0v) is 7.67. The van der Waals surface area contributed by atoms with E-state index in [0.29, 0.717) is 0 Å². The third-order valence-electron chi connectivity index (χ3n) is 0.993. The molecule has 0 saturated heterocycles. The molecule has 0 spiro atoms. The second-order valence-corrected chi connectivity index (χ2v) is 5.44. The van der Waals surface area contributed by atoms with Gasteiger partial charge in [0.1, 0.15) is 4.71 Å². The predicted molar refractivity (Wildman–Crippen MR) is 44.8 cm³/mol. The largest absolute Gasteiger partial charge is 0.253 e. The lowest BCUT2D eigenvalue weighted by Gasteiger charge is -2.16. The normalized spacial score (nSPS) is 25.8.